The highest BCUT2D eigenvalue weighted by Crippen LogP contribution is 2.13. The number of carboxylic acids is 1. The van der Waals surface area contributed by atoms with Crippen molar-refractivity contribution in [3.05, 3.63) is 0 Å². The van der Waals surface area contributed by atoms with Crippen molar-refractivity contribution in [2.45, 2.75) is 123 Å². The fourth-order valence-corrected chi connectivity index (χ4v) is 3.35. The van der Waals surface area contributed by atoms with Crippen LogP contribution in [0.15, 0.2) is 0 Å². The number of nitrogens with one attached hydrogen (secondary N) is 2. The zero-order valence-electron chi connectivity index (χ0n) is 18.8. The first kappa shape index (κ1) is 27.4. The van der Waals surface area contributed by atoms with Crippen molar-refractivity contribution in [3.8, 4) is 0 Å². The quantitative estimate of drug-likeness (QED) is 0.246. The van der Waals surface area contributed by atoms with Crippen molar-refractivity contribution in [1.82, 2.24) is 10.6 Å². The number of rotatable bonds is 20. The molecule has 0 aliphatic carbocycles. The number of hydrogen-bond acceptors (Lipinski definition) is 3. The Hall–Kier alpha value is -1.59. The van der Waals surface area contributed by atoms with Crippen molar-refractivity contribution in [3.63, 3.8) is 0 Å². The molecular formula is C23H44N2O4. The summed E-state index contributed by atoms with van der Waals surface area (Å²) in [5, 5.41) is 14.1. The van der Waals surface area contributed by atoms with E-state index in [1.165, 1.54) is 64.7 Å². The number of carboxylic acid groups (broad SMARTS) is 1. The number of hydrogen-bond donors (Lipinski definition) is 3. The summed E-state index contributed by atoms with van der Waals surface area (Å²) in [6, 6.07) is -0.804. The van der Waals surface area contributed by atoms with E-state index >= 15 is 0 Å². The van der Waals surface area contributed by atoms with Gasteiger partial charge in [0, 0.05) is 19.4 Å². The average molecular weight is 413 g/mol. The van der Waals surface area contributed by atoms with Gasteiger partial charge in [-0.15, -0.1) is 0 Å². The van der Waals surface area contributed by atoms with E-state index in [0.29, 0.717) is 12.8 Å². The molecule has 0 aromatic rings. The predicted octanol–water partition coefficient (Wildman–Crippen LogP) is 4.95. The normalized spacial score (nSPS) is 11.8. The van der Waals surface area contributed by atoms with Gasteiger partial charge >= 0.3 is 5.97 Å². The molecule has 0 fully saturated rings. The first-order valence-corrected chi connectivity index (χ1v) is 11.8. The molecule has 0 radical (unpaired) electrons. The third-order valence-corrected chi connectivity index (χ3v) is 5.18. The Kier molecular flexibility index (Phi) is 18.6. The smallest absolute Gasteiger partial charge is 0.325 e. The fraction of sp³-hybridized carbons (Fsp3) is 0.870. The van der Waals surface area contributed by atoms with Crippen LogP contribution >= 0.6 is 0 Å². The highest BCUT2D eigenvalue weighted by Gasteiger charge is 2.13. The molecular weight excluding hydrogens is 368 g/mol. The van der Waals surface area contributed by atoms with Gasteiger partial charge in [-0.3, -0.25) is 14.4 Å². The van der Waals surface area contributed by atoms with Gasteiger partial charge in [-0.2, -0.15) is 0 Å². The minimum absolute atomic E-state index is 0.165. The molecule has 29 heavy (non-hydrogen) atoms. The van der Waals surface area contributed by atoms with Crippen LogP contribution in [0.3, 0.4) is 0 Å². The van der Waals surface area contributed by atoms with Crippen molar-refractivity contribution >= 4 is 17.8 Å². The zero-order chi connectivity index (χ0) is 21.7. The molecule has 0 heterocycles. The van der Waals surface area contributed by atoms with Crippen molar-refractivity contribution in [1.29, 1.82) is 0 Å². The Morgan fingerprint density at radius 3 is 1.34 bits per heavy atom. The summed E-state index contributed by atoms with van der Waals surface area (Å²) < 4.78 is 0. The van der Waals surface area contributed by atoms with Crippen LogP contribution in [0.1, 0.15) is 117 Å². The summed E-state index contributed by atoms with van der Waals surface area (Å²) in [6.07, 6.45) is 17.9. The van der Waals surface area contributed by atoms with Crippen LogP contribution in [0, 0.1) is 0 Å². The average Bonchev–Trinajstić information content (AvgIpc) is 2.67. The second kappa shape index (κ2) is 19.7. The van der Waals surface area contributed by atoms with Gasteiger partial charge < -0.3 is 15.7 Å². The minimum atomic E-state index is -0.994. The van der Waals surface area contributed by atoms with Crippen LogP contribution in [-0.2, 0) is 14.4 Å². The Morgan fingerprint density at radius 2 is 1.00 bits per heavy atom. The standard InChI is InChI=1S/C23H44N2O4/c1-3-24-21(26)18-16-14-12-10-8-6-4-5-7-9-11-13-15-17-19-22(27)25-20(2)23(28)29/h20H,3-19H2,1-2H3,(H,24,26)(H,25,27)(H,28,29). The van der Waals surface area contributed by atoms with E-state index in [0.717, 1.165) is 38.6 Å². The van der Waals surface area contributed by atoms with Crippen molar-refractivity contribution in [2.75, 3.05) is 6.54 Å². The van der Waals surface area contributed by atoms with Gasteiger partial charge in [0.05, 0.1) is 0 Å². The molecule has 0 saturated carbocycles. The molecule has 0 bridgehead atoms. The van der Waals surface area contributed by atoms with E-state index in [4.69, 9.17) is 5.11 Å². The van der Waals surface area contributed by atoms with Gasteiger partial charge in [0.15, 0.2) is 0 Å². The molecule has 0 spiro atoms. The van der Waals surface area contributed by atoms with E-state index < -0.39 is 12.0 Å². The molecule has 6 heteroatoms. The Morgan fingerprint density at radius 1 is 0.655 bits per heavy atom. The second-order valence-electron chi connectivity index (χ2n) is 8.03. The Labute approximate surface area is 177 Å². The largest absolute Gasteiger partial charge is 0.480 e. The van der Waals surface area contributed by atoms with Crippen LogP contribution in [0.4, 0.5) is 0 Å². The zero-order valence-corrected chi connectivity index (χ0v) is 18.8. The SMILES string of the molecule is CCNC(=O)CCCCCCCCCCCCCCCCC(=O)NC(C)C(=O)O. The predicted molar refractivity (Wildman–Crippen MR) is 118 cm³/mol. The maximum atomic E-state index is 11.6. The molecule has 0 rings (SSSR count). The molecule has 1 unspecified atom stereocenters. The lowest BCUT2D eigenvalue weighted by atomic mass is 10.0. The second-order valence-corrected chi connectivity index (χ2v) is 8.03. The monoisotopic (exact) mass is 412 g/mol. The molecule has 0 aliphatic heterocycles. The van der Waals surface area contributed by atoms with Gasteiger partial charge in [-0.25, -0.2) is 0 Å². The summed E-state index contributed by atoms with van der Waals surface area (Å²) in [6.45, 7) is 4.17. The highest BCUT2D eigenvalue weighted by molar-refractivity contribution is 5.83. The molecule has 0 aromatic carbocycles. The molecule has 2 amide bonds. The van der Waals surface area contributed by atoms with Crippen LogP contribution in [0.5, 0.6) is 0 Å². The number of unbranched alkanes of at least 4 members (excludes halogenated alkanes) is 13. The van der Waals surface area contributed by atoms with Crippen LogP contribution in [0.25, 0.3) is 0 Å². The van der Waals surface area contributed by atoms with E-state index in [1.54, 1.807) is 0 Å². The van der Waals surface area contributed by atoms with Crippen molar-refractivity contribution < 1.29 is 19.5 Å². The summed E-state index contributed by atoms with van der Waals surface area (Å²) in [5.41, 5.74) is 0. The van der Waals surface area contributed by atoms with E-state index in [9.17, 15) is 14.4 Å². The van der Waals surface area contributed by atoms with E-state index in [1.807, 2.05) is 6.92 Å². The molecule has 3 N–H and O–H groups in total. The lowest BCUT2D eigenvalue weighted by Crippen LogP contribution is -2.38. The van der Waals surface area contributed by atoms with Gasteiger partial charge in [0.2, 0.25) is 11.8 Å². The molecule has 0 aromatic heterocycles. The summed E-state index contributed by atoms with van der Waals surface area (Å²) in [4.78, 5) is 33.5. The topological polar surface area (TPSA) is 95.5 Å². The number of aliphatic carboxylic acids is 1. The first-order valence-electron chi connectivity index (χ1n) is 11.8. The maximum Gasteiger partial charge on any atom is 0.325 e. The Bertz CT molecular complexity index is 441. The lowest BCUT2D eigenvalue weighted by molar-refractivity contribution is -0.141. The minimum Gasteiger partial charge on any atom is -0.480 e. The fourth-order valence-electron chi connectivity index (χ4n) is 3.35. The number of carbonyl (C=O) groups excluding carboxylic acids is 2. The Balaban J connectivity index is 3.21. The molecule has 0 aliphatic rings. The highest BCUT2D eigenvalue weighted by atomic mass is 16.4. The molecule has 1 atom stereocenters. The van der Waals surface area contributed by atoms with Crippen molar-refractivity contribution in [2.24, 2.45) is 0 Å². The summed E-state index contributed by atoms with van der Waals surface area (Å²) in [5.74, 6) is -0.975. The van der Waals surface area contributed by atoms with Gasteiger partial charge in [0.25, 0.3) is 0 Å². The van der Waals surface area contributed by atoms with Gasteiger partial charge in [0.1, 0.15) is 6.04 Å². The molecule has 170 valence electrons. The number of carbonyl (C=O) groups is 3. The third kappa shape index (κ3) is 19.5. The van der Waals surface area contributed by atoms with E-state index in [2.05, 4.69) is 10.6 Å². The van der Waals surface area contributed by atoms with Gasteiger partial charge in [-0.1, -0.05) is 77.0 Å². The van der Waals surface area contributed by atoms with E-state index in [-0.39, 0.29) is 11.8 Å². The summed E-state index contributed by atoms with van der Waals surface area (Å²) >= 11 is 0. The maximum absolute atomic E-state index is 11.6. The molecule has 0 saturated heterocycles. The third-order valence-electron chi connectivity index (χ3n) is 5.18. The molecule has 6 nitrogen and oxygen atoms in total. The van der Waals surface area contributed by atoms with Crippen LogP contribution < -0.4 is 10.6 Å². The lowest BCUT2D eigenvalue weighted by Gasteiger charge is -2.08. The summed E-state index contributed by atoms with van der Waals surface area (Å²) in [7, 11) is 0. The van der Waals surface area contributed by atoms with Crippen LogP contribution in [-0.4, -0.2) is 35.5 Å². The van der Waals surface area contributed by atoms with Gasteiger partial charge in [-0.05, 0) is 26.7 Å². The van der Waals surface area contributed by atoms with Crippen LogP contribution in [0.2, 0.25) is 0 Å². The number of amides is 2. The first-order chi connectivity index (χ1) is 14.0.